The Hall–Kier alpha value is -0.0400. The third-order valence-electron chi connectivity index (χ3n) is 4.30. The second kappa shape index (κ2) is 5.89. The average Bonchev–Trinajstić information content (AvgIpc) is 2.18. The lowest BCUT2D eigenvalue weighted by atomic mass is 9.71. The van der Waals surface area contributed by atoms with Crippen molar-refractivity contribution in [1.29, 1.82) is 0 Å². The first-order valence-electron chi connectivity index (χ1n) is 6.79. The molecular formula is C14H29N. The Labute approximate surface area is 96.0 Å². The molecule has 90 valence electrons. The summed E-state index contributed by atoms with van der Waals surface area (Å²) in [5.74, 6) is 3.55. The summed E-state index contributed by atoms with van der Waals surface area (Å²) in [4.78, 5) is 0. The minimum absolute atomic E-state index is 0.741. The number of hydrogen-bond donors (Lipinski definition) is 1. The van der Waals surface area contributed by atoms with Crippen LogP contribution in [0.1, 0.15) is 53.9 Å². The van der Waals surface area contributed by atoms with Crippen molar-refractivity contribution in [1.82, 2.24) is 5.32 Å². The third kappa shape index (κ3) is 3.48. The predicted molar refractivity (Wildman–Crippen MR) is 68.0 cm³/mol. The Balaban J connectivity index is 2.53. The van der Waals surface area contributed by atoms with Gasteiger partial charge >= 0.3 is 0 Å². The summed E-state index contributed by atoms with van der Waals surface area (Å²) in [5.41, 5.74) is 0. The van der Waals surface area contributed by atoms with Gasteiger partial charge in [-0.3, -0.25) is 0 Å². The zero-order chi connectivity index (χ0) is 11.4. The van der Waals surface area contributed by atoms with Crippen molar-refractivity contribution in [2.75, 3.05) is 6.54 Å². The van der Waals surface area contributed by atoms with Crippen molar-refractivity contribution < 1.29 is 0 Å². The number of rotatable bonds is 4. The van der Waals surface area contributed by atoms with Gasteiger partial charge in [0.1, 0.15) is 0 Å². The van der Waals surface area contributed by atoms with E-state index < -0.39 is 0 Å². The molecule has 4 unspecified atom stereocenters. The van der Waals surface area contributed by atoms with Gasteiger partial charge < -0.3 is 5.32 Å². The standard InChI is InChI=1S/C14H29N/c1-6-15-14(10(2)3)13-8-7-11(4)12(5)9-13/h10-15H,6-9H2,1-5H3. The maximum atomic E-state index is 3.69. The fourth-order valence-electron chi connectivity index (χ4n) is 3.10. The molecule has 0 spiro atoms. The van der Waals surface area contributed by atoms with Gasteiger partial charge in [0, 0.05) is 6.04 Å². The third-order valence-corrected chi connectivity index (χ3v) is 4.30. The van der Waals surface area contributed by atoms with Crippen molar-refractivity contribution >= 4 is 0 Å². The van der Waals surface area contributed by atoms with E-state index in [4.69, 9.17) is 0 Å². The van der Waals surface area contributed by atoms with Crippen molar-refractivity contribution in [3.63, 3.8) is 0 Å². The summed E-state index contributed by atoms with van der Waals surface area (Å²) in [5, 5.41) is 3.69. The molecule has 4 atom stereocenters. The van der Waals surface area contributed by atoms with E-state index in [9.17, 15) is 0 Å². The molecule has 0 radical (unpaired) electrons. The first-order chi connectivity index (χ1) is 7.06. The molecule has 0 amide bonds. The molecule has 1 heteroatoms. The van der Waals surface area contributed by atoms with Crippen LogP contribution in [-0.4, -0.2) is 12.6 Å². The molecule has 1 nitrogen and oxygen atoms in total. The van der Waals surface area contributed by atoms with E-state index >= 15 is 0 Å². The number of nitrogens with one attached hydrogen (secondary N) is 1. The van der Waals surface area contributed by atoms with Crippen LogP contribution in [0.15, 0.2) is 0 Å². The second-order valence-corrected chi connectivity index (χ2v) is 5.86. The van der Waals surface area contributed by atoms with Crippen LogP contribution < -0.4 is 5.32 Å². The van der Waals surface area contributed by atoms with Crippen LogP contribution in [-0.2, 0) is 0 Å². The molecule has 0 bridgehead atoms. The molecule has 0 aromatic heterocycles. The van der Waals surface area contributed by atoms with Crippen LogP contribution >= 0.6 is 0 Å². The summed E-state index contributed by atoms with van der Waals surface area (Å²) in [6.07, 6.45) is 4.29. The highest BCUT2D eigenvalue weighted by Crippen LogP contribution is 2.36. The summed E-state index contributed by atoms with van der Waals surface area (Å²) in [7, 11) is 0. The summed E-state index contributed by atoms with van der Waals surface area (Å²) in [6.45, 7) is 12.9. The van der Waals surface area contributed by atoms with Crippen molar-refractivity contribution in [2.45, 2.75) is 59.9 Å². The highest BCUT2D eigenvalue weighted by atomic mass is 14.9. The van der Waals surface area contributed by atoms with Gasteiger partial charge in [0.2, 0.25) is 0 Å². The molecule has 1 fully saturated rings. The smallest absolute Gasteiger partial charge is 0.0118 e. The van der Waals surface area contributed by atoms with Crippen LogP contribution in [0.2, 0.25) is 0 Å². The van der Waals surface area contributed by atoms with Gasteiger partial charge in [-0.05, 0) is 43.1 Å². The number of hydrogen-bond acceptors (Lipinski definition) is 1. The fourth-order valence-corrected chi connectivity index (χ4v) is 3.10. The monoisotopic (exact) mass is 211 g/mol. The second-order valence-electron chi connectivity index (χ2n) is 5.86. The SMILES string of the molecule is CCNC(C(C)C)C1CCC(C)C(C)C1. The maximum Gasteiger partial charge on any atom is 0.0118 e. The molecule has 0 aliphatic heterocycles. The summed E-state index contributed by atoms with van der Waals surface area (Å²) >= 11 is 0. The molecule has 1 aliphatic carbocycles. The van der Waals surface area contributed by atoms with Crippen molar-refractivity contribution in [3.05, 3.63) is 0 Å². The van der Waals surface area contributed by atoms with Gasteiger partial charge in [-0.1, -0.05) is 41.0 Å². The molecular weight excluding hydrogens is 182 g/mol. The van der Waals surface area contributed by atoms with E-state index in [0.717, 1.165) is 36.3 Å². The molecule has 0 aromatic carbocycles. The Morgan fingerprint density at radius 2 is 1.80 bits per heavy atom. The zero-order valence-electron chi connectivity index (χ0n) is 11.2. The highest BCUT2D eigenvalue weighted by Gasteiger charge is 2.30. The molecule has 1 aliphatic rings. The normalized spacial score (nSPS) is 34.4. The lowest BCUT2D eigenvalue weighted by Crippen LogP contribution is -2.43. The lowest BCUT2D eigenvalue weighted by molar-refractivity contribution is 0.150. The van der Waals surface area contributed by atoms with Gasteiger partial charge in [0.05, 0.1) is 0 Å². The molecule has 0 heterocycles. The van der Waals surface area contributed by atoms with Crippen LogP contribution in [0.3, 0.4) is 0 Å². The Kier molecular flexibility index (Phi) is 5.11. The minimum atomic E-state index is 0.741. The first kappa shape index (κ1) is 13.0. The molecule has 1 N–H and O–H groups in total. The van der Waals surface area contributed by atoms with Crippen LogP contribution in [0, 0.1) is 23.7 Å². The van der Waals surface area contributed by atoms with Gasteiger partial charge in [-0.15, -0.1) is 0 Å². The van der Waals surface area contributed by atoms with Gasteiger partial charge in [-0.2, -0.15) is 0 Å². The van der Waals surface area contributed by atoms with Crippen LogP contribution in [0.4, 0.5) is 0 Å². The Bertz CT molecular complexity index is 176. The van der Waals surface area contributed by atoms with E-state index in [1.54, 1.807) is 0 Å². The summed E-state index contributed by atoms with van der Waals surface area (Å²) in [6, 6.07) is 0.741. The first-order valence-corrected chi connectivity index (χ1v) is 6.79. The molecule has 1 saturated carbocycles. The molecule has 0 aromatic rings. The predicted octanol–water partition coefficient (Wildman–Crippen LogP) is 3.69. The topological polar surface area (TPSA) is 12.0 Å². The van der Waals surface area contributed by atoms with E-state index in [-0.39, 0.29) is 0 Å². The quantitative estimate of drug-likeness (QED) is 0.748. The van der Waals surface area contributed by atoms with E-state index in [2.05, 4.69) is 39.9 Å². The fraction of sp³-hybridized carbons (Fsp3) is 1.00. The minimum Gasteiger partial charge on any atom is -0.314 e. The molecule has 1 rings (SSSR count). The average molecular weight is 211 g/mol. The highest BCUT2D eigenvalue weighted by molar-refractivity contribution is 4.85. The summed E-state index contributed by atoms with van der Waals surface area (Å²) < 4.78 is 0. The van der Waals surface area contributed by atoms with Crippen molar-refractivity contribution in [2.24, 2.45) is 23.7 Å². The van der Waals surface area contributed by atoms with E-state index in [1.807, 2.05) is 0 Å². The maximum absolute atomic E-state index is 3.69. The van der Waals surface area contributed by atoms with E-state index in [0.29, 0.717) is 0 Å². The van der Waals surface area contributed by atoms with Crippen LogP contribution in [0.5, 0.6) is 0 Å². The van der Waals surface area contributed by atoms with Gasteiger partial charge in [0.25, 0.3) is 0 Å². The molecule has 0 saturated heterocycles. The van der Waals surface area contributed by atoms with Crippen LogP contribution in [0.25, 0.3) is 0 Å². The van der Waals surface area contributed by atoms with Gasteiger partial charge in [-0.25, -0.2) is 0 Å². The van der Waals surface area contributed by atoms with E-state index in [1.165, 1.54) is 19.3 Å². The lowest BCUT2D eigenvalue weighted by Gasteiger charge is -2.38. The zero-order valence-corrected chi connectivity index (χ0v) is 11.2. The Morgan fingerprint density at radius 1 is 1.13 bits per heavy atom. The van der Waals surface area contributed by atoms with Crippen molar-refractivity contribution in [3.8, 4) is 0 Å². The largest absolute Gasteiger partial charge is 0.314 e. The molecule has 15 heavy (non-hydrogen) atoms. The Morgan fingerprint density at radius 3 is 2.27 bits per heavy atom. The van der Waals surface area contributed by atoms with Gasteiger partial charge in [0.15, 0.2) is 0 Å².